The van der Waals surface area contributed by atoms with Crippen molar-refractivity contribution in [3.8, 4) is 0 Å². The summed E-state index contributed by atoms with van der Waals surface area (Å²) in [6.07, 6.45) is 0. The summed E-state index contributed by atoms with van der Waals surface area (Å²) in [6, 6.07) is 17.6. The van der Waals surface area contributed by atoms with Gasteiger partial charge in [-0.3, -0.25) is 4.79 Å². The van der Waals surface area contributed by atoms with E-state index < -0.39 is 5.82 Å². The lowest BCUT2D eigenvalue weighted by atomic mass is 9.97. The van der Waals surface area contributed by atoms with Crippen LogP contribution in [-0.2, 0) is 0 Å². The molecule has 3 heteroatoms. The highest BCUT2D eigenvalue weighted by molar-refractivity contribution is 9.10. The third-order valence-corrected chi connectivity index (χ3v) is 3.88. The molecule has 20 heavy (non-hydrogen) atoms. The molecule has 0 spiro atoms. The van der Waals surface area contributed by atoms with Gasteiger partial charge in [0.1, 0.15) is 5.82 Å². The second kappa shape index (κ2) is 5.17. The van der Waals surface area contributed by atoms with Crippen LogP contribution in [0.15, 0.2) is 65.1 Å². The molecule has 0 atom stereocenters. The first kappa shape index (κ1) is 13.0. The molecule has 3 aromatic rings. The van der Waals surface area contributed by atoms with Crippen LogP contribution < -0.4 is 0 Å². The zero-order valence-corrected chi connectivity index (χ0v) is 12.0. The summed E-state index contributed by atoms with van der Waals surface area (Å²) in [5, 5.41) is 1.79. The topological polar surface area (TPSA) is 17.1 Å². The summed E-state index contributed by atoms with van der Waals surface area (Å²) < 4.78 is 14.4. The fourth-order valence-corrected chi connectivity index (χ4v) is 2.79. The Morgan fingerprint density at radius 2 is 1.60 bits per heavy atom. The van der Waals surface area contributed by atoms with Crippen LogP contribution in [-0.4, -0.2) is 5.78 Å². The third kappa shape index (κ3) is 2.14. The summed E-state index contributed by atoms with van der Waals surface area (Å²) in [5.74, 6) is -0.830. The Kier molecular flexibility index (Phi) is 3.36. The highest BCUT2D eigenvalue weighted by atomic mass is 79.9. The minimum atomic E-state index is -0.516. The second-order valence-corrected chi connectivity index (χ2v) is 5.31. The number of fused-ring (bicyclic) bond motifs is 1. The maximum atomic E-state index is 13.9. The molecule has 0 saturated carbocycles. The van der Waals surface area contributed by atoms with Crippen LogP contribution in [0, 0.1) is 5.82 Å². The van der Waals surface area contributed by atoms with E-state index in [0.29, 0.717) is 10.0 Å². The molecular weight excluding hydrogens is 319 g/mol. The summed E-state index contributed by atoms with van der Waals surface area (Å²) >= 11 is 3.25. The van der Waals surface area contributed by atoms with E-state index in [0.717, 1.165) is 10.8 Å². The standard InChI is InChI=1S/C17H10BrFO/c18-14-9-4-10-15(19)16(14)17(20)13-8-3-6-11-5-1-2-7-12(11)13/h1-10H. The van der Waals surface area contributed by atoms with Crippen molar-refractivity contribution in [2.24, 2.45) is 0 Å². The van der Waals surface area contributed by atoms with Gasteiger partial charge in [-0.1, -0.05) is 48.5 Å². The summed E-state index contributed by atoms with van der Waals surface area (Å²) in [5.41, 5.74) is 0.581. The average Bonchev–Trinajstić information content (AvgIpc) is 2.46. The van der Waals surface area contributed by atoms with E-state index in [1.54, 1.807) is 18.2 Å². The zero-order valence-electron chi connectivity index (χ0n) is 10.4. The van der Waals surface area contributed by atoms with Crippen LogP contribution in [0.4, 0.5) is 4.39 Å². The quantitative estimate of drug-likeness (QED) is 0.607. The molecular formula is C17H10BrFO. The largest absolute Gasteiger partial charge is 0.288 e. The molecule has 0 heterocycles. The van der Waals surface area contributed by atoms with Gasteiger partial charge in [0.2, 0.25) is 0 Å². The van der Waals surface area contributed by atoms with Crippen molar-refractivity contribution in [2.45, 2.75) is 0 Å². The van der Waals surface area contributed by atoms with Crippen molar-refractivity contribution in [2.75, 3.05) is 0 Å². The minimum Gasteiger partial charge on any atom is -0.288 e. The summed E-state index contributed by atoms with van der Waals surface area (Å²) in [6.45, 7) is 0. The molecule has 0 aliphatic carbocycles. The first-order valence-electron chi connectivity index (χ1n) is 6.15. The lowest BCUT2D eigenvalue weighted by Crippen LogP contribution is -2.06. The molecule has 0 radical (unpaired) electrons. The lowest BCUT2D eigenvalue weighted by molar-refractivity contribution is 0.103. The number of hydrogen-bond donors (Lipinski definition) is 0. The van der Waals surface area contributed by atoms with Crippen molar-refractivity contribution in [3.05, 3.63) is 82.1 Å². The van der Waals surface area contributed by atoms with Crippen molar-refractivity contribution >= 4 is 32.5 Å². The van der Waals surface area contributed by atoms with E-state index in [1.807, 2.05) is 36.4 Å². The Labute approximate surface area is 124 Å². The predicted molar refractivity (Wildman–Crippen MR) is 81.5 cm³/mol. The number of benzene rings is 3. The zero-order chi connectivity index (χ0) is 14.1. The van der Waals surface area contributed by atoms with Gasteiger partial charge in [-0.05, 0) is 38.8 Å². The van der Waals surface area contributed by atoms with Gasteiger partial charge in [-0.2, -0.15) is 0 Å². The van der Waals surface area contributed by atoms with Gasteiger partial charge >= 0.3 is 0 Å². The fourth-order valence-electron chi connectivity index (χ4n) is 2.27. The number of hydrogen-bond acceptors (Lipinski definition) is 1. The van der Waals surface area contributed by atoms with E-state index in [9.17, 15) is 9.18 Å². The highest BCUT2D eigenvalue weighted by Crippen LogP contribution is 2.26. The lowest BCUT2D eigenvalue weighted by Gasteiger charge is -2.08. The van der Waals surface area contributed by atoms with Crippen LogP contribution in [0.5, 0.6) is 0 Å². The normalized spacial score (nSPS) is 10.7. The minimum absolute atomic E-state index is 0.0730. The van der Waals surface area contributed by atoms with E-state index in [1.165, 1.54) is 6.07 Å². The van der Waals surface area contributed by atoms with Crippen molar-refractivity contribution in [3.63, 3.8) is 0 Å². The molecule has 3 rings (SSSR count). The second-order valence-electron chi connectivity index (χ2n) is 4.45. The van der Waals surface area contributed by atoms with E-state index in [-0.39, 0.29) is 11.3 Å². The maximum absolute atomic E-state index is 13.9. The number of carbonyl (C=O) groups is 1. The Balaban J connectivity index is 2.24. The van der Waals surface area contributed by atoms with Gasteiger partial charge in [0.05, 0.1) is 5.56 Å². The van der Waals surface area contributed by atoms with Crippen LogP contribution in [0.3, 0.4) is 0 Å². The highest BCUT2D eigenvalue weighted by Gasteiger charge is 2.18. The van der Waals surface area contributed by atoms with E-state index >= 15 is 0 Å². The Morgan fingerprint density at radius 1 is 0.900 bits per heavy atom. The van der Waals surface area contributed by atoms with E-state index in [4.69, 9.17) is 0 Å². The molecule has 0 amide bonds. The van der Waals surface area contributed by atoms with Crippen molar-refractivity contribution in [1.82, 2.24) is 0 Å². The number of halogens is 2. The molecule has 3 aromatic carbocycles. The molecule has 0 aliphatic heterocycles. The predicted octanol–water partition coefficient (Wildman–Crippen LogP) is 4.97. The van der Waals surface area contributed by atoms with Crippen LogP contribution in [0.25, 0.3) is 10.8 Å². The molecule has 0 saturated heterocycles. The van der Waals surface area contributed by atoms with Gasteiger partial charge in [0, 0.05) is 10.0 Å². The van der Waals surface area contributed by atoms with Gasteiger partial charge in [-0.25, -0.2) is 4.39 Å². The SMILES string of the molecule is O=C(c1c(F)cccc1Br)c1cccc2ccccc12. The fraction of sp³-hybridized carbons (Fsp3) is 0. The number of ketones is 1. The van der Waals surface area contributed by atoms with Gasteiger partial charge in [0.15, 0.2) is 5.78 Å². The Morgan fingerprint density at radius 3 is 2.40 bits per heavy atom. The molecule has 0 bridgehead atoms. The van der Waals surface area contributed by atoms with Crippen LogP contribution in [0.2, 0.25) is 0 Å². The van der Waals surface area contributed by atoms with Crippen LogP contribution >= 0.6 is 15.9 Å². The molecule has 0 fully saturated rings. The molecule has 1 nitrogen and oxygen atoms in total. The van der Waals surface area contributed by atoms with Crippen molar-refractivity contribution in [1.29, 1.82) is 0 Å². The number of rotatable bonds is 2. The molecule has 0 unspecified atom stereocenters. The maximum Gasteiger partial charge on any atom is 0.197 e. The van der Waals surface area contributed by atoms with Gasteiger partial charge < -0.3 is 0 Å². The summed E-state index contributed by atoms with van der Waals surface area (Å²) in [4.78, 5) is 12.6. The molecule has 98 valence electrons. The van der Waals surface area contributed by atoms with Crippen molar-refractivity contribution < 1.29 is 9.18 Å². The molecule has 0 aliphatic rings. The first-order valence-corrected chi connectivity index (χ1v) is 6.94. The Hall–Kier alpha value is -2.00. The van der Waals surface area contributed by atoms with E-state index in [2.05, 4.69) is 15.9 Å². The molecule has 0 aromatic heterocycles. The summed E-state index contributed by atoms with van der Waals surface area (Å²) in [7, 11) is 0. The van der Waals surface area contributed by atoms with Crippen LogP contribution in [0.1, 0.15) is 15.9 Å². The monoisotopic (exact) mass is 328 g/mol. The third-order valence-electron chi connectivity index (χ3n) is 3.22. The smallest absolute Gasteiger partial charge is 0.197 e. The number of carbonyl (C=O) groups excluding carboxylic acids is 1. The van der Waals surface area contributed by atoms with Gasteiger partial charge in [0.25, 0.3) is 0 Å². The van der Waals surface area contributed by atoms with Gasteiger partial charge in [-0.15, -0.1) is 0 Å². The average molecular weight is 329 g/mol. The Bertz CT molecular complexity index is 785. The first-order chi connectivity index (χ1) is 9.68. The molecule has 0 N–H and O–H groups in total.